The van der Waals surface area contributed by atoms with Crippen LogP contribution in [0.1, 0.15) is 10.4 Å². The van der Waals surface area contributed by atoms with Gasteiger partial charge in [0, 0.05) is 17.8 Å². The van der Waals surface area contributed by atoms with Crippen LogP contribution < -0.4 is 19.5 Å². The Morgan fingerprint density at radius 3 is 1.91 bits per heavy atom. The summed E-state index contributed by atoms with van der Waals surface area (Å²) in [6, 6.07) is 6.11. The van der Waals surface area contributed by atoms with Crippen molar-refractivity contribution in [2.75, 3.05) is 26.6 Å². The summed E-state index contributed by atoms with van der Waals surface area (Å²) >= 11 is 0. The molecule has 0 spiro atoms. The third-order valence-corrected chi connectivity index (χ3v) is 3.11. The topological polar surface area (TPSA) is 56.8 Å². The zero-order valence-electron chi connectivity index (χ0n) is 12.8. The van der Waals surface area contributed by atoms with Crippen LogP contribution >= 0.6 is 0 Å². The number of ether oxygens (including phenoxy) is 3. The van der Waals surface area contributed by atoms with E-state index in [1.165, 1.54) is 39.5 Å². The number of rotatable bonds is 5. The molecule has 0 aliphatic heterocycles. The third kappa shape index (κ3) is 3.33. The first-order valence-corrected chi connectivity index (χ1v) is 6.57. The zero-order chi connectivity index (χ0) is 17.0. The molecule has 1 N–H and O–H groups in total. The van der Waals surface area contributed by atoms with Gasteiger partial charge in [-0.1, -0.05) is 6.07 Å². The maximum absolute atomic E-state index is 13.6. The Kier molecular flexibility index (Phi) is 5.00. The molecule has 0 aliphatic carbocycles. The smallest absolute Gasteiger partial charge is 0.261 e. The van der Waals surface area contributed by atoms with Gasteiger partial charge in [-0.05, 0) is 12.1 Å². The predicted octanol–water partition coefficient (Wildman–Crippen LogP) is 3.24. The molecule has 0 saturated carbocycles. The summed E-state index contributed by atoms with van der Waals surface area (Å²) < 4.78 is 42.7. The van der Waals surface area contributed by atoms with Crippen LogP contribution in [0.15, 0.2) is 30.3 Å². The van der Waals surface area contributed by atoms with Gasteiger partial charge in [0.15, 0.2) is 11.5 Å². The van der Waals surface area contributed by atoms with E-state index in [4.69, 9.17) is 14.2 Å². The molecule has 2 rings (SSSR count). The van der Waals surface area contributed by atoms with Crippen LogP contribution in [0.3, 0.4) is 0 Å². The average Bonchev–Trinajstić information content (AvgIpc) is 2.53. The van der Waals surface area contributed by atoms with Crippen LogP contribution in [0.4, 0.5) is 14.5 Å². The standard InChI is InChI=1S/C16H15F2NO4/c1-21-12-7-9(8-13(22-2)15(12)23-3)19-16(20)14-10(17)5-4-6-11(14)18/h4-8H,1-3H3,(H,19,20). The number of amides is 1. The fourth-order valence-electron chi connectivity index (χ4n) is 2.06. The predicted molar refractivity (Wildman–Crippen MR) is 80.4 cm³/mol. The number of nitrogens with one attached hydrogen (secondary N) is 1. The maximum Gasteiger partial charge on any atom is 0.261 e. The van der Waals surface area contributed by atoms with E-state index in [0.717, 1.165) is 12.1 Å². The second kappa shape index (κ2) is 6.95. The van der Waals surface area contributed by atoms with Crippen molar-refractivity contribution < 1.29 is 27.8 Å². The number of hydrogen-bond acceptors (Lipinski definition) is 4. The first-order valence-electron chi connectivity index (χ1n) is 6.57. The SMILES string of the molecule is COc1cc(NC(=O)c2c(F)cccc2F)cc(OC)c1OC. The van der Waals surface area contributed by atoms with Crippen LogP contribution in [0.2, 0.25) is 0 Å². The molecule has 0 bridgehead atoms. The van der Waals surface area contributed by atoms with Crippen molar-refractivity contribution in [2.45, 2.75) is 0 Å². The van der Waals surface area contributed by atoms with E-state index in [-0.39, 0.29) is 5.69 Å². The van der Waals surface area contributed by atoms with Gasteiger partial charge in [0.2, 0.25) is 5.75 Å². The summed E-state index contributed by atoms with van der Waals surface area (Å²) in [4.78, 5) is 12.1. The van der Waals surface area contributed by atoms with Crippen molar-refractivity contribution >= 4 is 11.6 Å². The number of anilines is 1. The molecule has 122 valence electrons. The number of halogens is 2. The minimum Gasteiger partial charge on any atom is -0.493 e. The summed E-state index contributed by atoms with van der Waals surface area (Å²) in [7, 11) is 4.27. The van der Waals surface area contributed by atoms with Gasteiger partial charge in [0.05, 0.1) is 21.3 Å². The van der Waals surface area contributed by atoms with E-state index in [9.17, 15) is 13.6 Å². The van der Waals surface area contributed by atoms with Crippen molar-refractivity contribution in [1.82, 2.24) is 0 Å². The quantitative estimate of drug-likeness (QED) is 0.918. The Morgan fingerprint density at radius 2 is 1.48 bits per heavy atom. The summed E-state index contributed by atoms with van der Waals surface area (Å²) in [6.45, 7) is 0. The highest BCUT2D eigenvalue weighted by Crippen LogP contribution is 2.40. The Balaban J connectivity index is 2.38. The Labute approximate surface area is 131 Å². The van der Waals surface area contributed by atoms with Gasteiger partial charge in [-0.3, -0.25) is 4.79 Å². The molecule has 1 amide bonds. The molecule has 0 saturated heterocycles. The molecule has 0 radical (unpaired) electrons. The number of hydrogen-bond donors (Lipinski definition) is 1. The van der Waals surface area contributed by atoms with Gasteiger partial charge in [-0.15, -0.1) is 0 Å². The molecule has 0 heterocycles. The number of carbonyl (C=O) groups is 1. The van der Waals surface area contributed by atoms with Crippen molar-refractivity contribution in [3.8, 4) is 17.2 Å². The van der Waals surface area contributed by atoms with Crippen molar-refractivity contribution in [3.05, 3.63) is 47.5 Å². The largest absolute Gasteiger partial charge is 0.493 e. The number of benzene rings is 2. The molecule has 0 aliphatic rings. The summed E-state index contributed by atoms with van der Waals surface area (Å²) in [5.41, 5.74) is -0.423. The second-order valence-electron chi connectivity index (χ2n) is 4.46. The van der Waals surface area contributed by atoms with Gasteiger partial charge in [-0.2, -0.15) is 0 Å². The number of methoxy groups -OCH3 is 3. The Morgan fingerprint density at radius 1 is 0.957 bits per heavy atom. The van der Waals surface area contributed by atoms with Gasteiger partial charge in [0.25, 0.3) is 5.91 Å². The lowest BCUT2D eigenvalue weighted by molar-refractivity contribution is 0.101. The van der Waals surface area contributed by atoms with E-state index >= 15 is 0 Å². The Bertz CT molecular complexity index is 689. The van der Waals surface area contributed by atoms with Crippen molar-refractivity contribution in [1.29, 1.82) is 0 Å². The van der Waals surface area contributed by atoms with Crippen LogP contribution in [0.5, 0.6) is 17.2 Å². The summed E-state index contributed by atoms with van der Waals surface area (Å²) in [5, 5.41) is 2.41. The molecule has 7 heteroatoms. The zero-order valence-corrected chi connectivity index (χ0v) is 12.8. The van der Waals surface area contributed by atoms with Gasteiger partial charge in [-0.25, -0.2) is 8.78 Å². The molecule has 0 fully saturated rings. The first-order chi connectivity index (χ1) is 11.0. The highest BCUT2D eigenvalue weighted by molar-refractivity contribution is 6.05. The molecule has 23 heavy (non-hydrogen) atoms. The van der Waals surface area contributed by atoms with E-state index in [2.05, 4.69) is 5.32 Å². The third-order valence-electron chi connectivity index (χ3n) is 3.11. The van der Waals surface area contributed by atoms with Crippen LogP contribution in [-0.4, -0.2) is 27.2 Å². The monoisotopic (exact) mass is 323 g/mol. The lowest BCUT2D eigenvalue weighted by Crippen LogP contribution is -2.16. The van der Waals surface area contributed by atoms with E-state index in [1.807, 2.05) is 0 Å². The number of carbonyl (C=O) groups excluding carboxylic acids is 1. The molecular formula is C16H15F2NO4. The minimum atomic E-state index is -0.949. The second-order valence-corrected chi connectivity index (χ2v) is 4.46. The highest BCUT2D eigenvalue weighted by Gasteiger charge is 2.19. The van der Waals surface area contributed by atoms with Crippen molar-refractivity contribution in [3.63, 3.8) is 0 Å². The van der Waals surface area contributed by atoms with E-state index < -0.39 is 23.1 Å². The first kappa shape index (κ1) is 16.5. The fourth-order valence-corrected chi connectivity index (χ4v) is 2.06. The lowest BCUT2D eigenvalue weighted by Gasteiger charge is -2.14. The summed E-state index contributed by atoms with van der Waals surface area (Å²) in [5.74, 6) is -1.88. The normalized spacial score (nSPS) is 10.1. The molecule has 2 aromatic carbocycles. The summed E-state index contributed by atoms with van der Waals surface area (Å²) in [6.07, 6.45) is 0. The van der Waals surface area contributed by atoms with Crippen molar-refractivity contribution in [2.24, 2.45) is 0 Å². The maximum atomic E-state index is 13.6. The lowest BCUT2D eigenvalue weighted by atomic mass is 10.1. The molecule has 0 atom stereocenters. The molecule has 2 aromatic rings. The molecule has 5 nitrogen and oxygen atoms in total. The van der Waals surface area contributed by atoms with Crippen LogP contribution in [-0.2, 0) is 0 Å². The molecule has 0 aromatic heterocycles. The van der Waals surface area contributed by atoms with Gasteiger partial charge < -0.3 is 19.5 Å². The molecule has 0 unspecified atom stereocenters. The van der Waals surface area contributed by atoms with E-state index in [1.54, 1.807) is 0 Å². The average molecular weight is 323 g/mol. The van der Waals surface area contributed by atoms with E-state index in [0.29, 0.717) is 17.2 Å². The van der Waals surface area contributed by atoms with Gasteiger partial charge in [0.1, 0.15) is 17.2 Å². The fraction of sp³-hybridized carbons (Fsp3) is 0.188. The van der Waals surface area contributed by atoms with Gasteiger partial charge >= 0.3 is 0 Å². The minimum absolute atomic E-state index is 0.243. The van der Waals surface area contributed by atoms with Crippen LogP contribution in [0.25, 0.3) is 0 Å². The molecular weight excluding hydrogens is 308 g/mol. The highest BCUT2D eigenvalue weighted by atomic mass is 19.1. The Hall–Kier alpha value is -2.83. The van der Waals surface area contributed by atoms with Crippen LogP contribution in [0, 0.1) is 11.6 Å².